The molecule has 12 heteroatoms. The van der Waals surface area contributed by atoms with E-state index in [0.717, 1.165) is 0 Å². The molecule has 0 bridgehead atoms. The van der Waals surface area contributed by atoms with Crippen molar-refractivity contribution in [3.63, 3.8) is 0 Å². The largest absolute Gasteiger partial charge is 0.451 e. The number of Topliss-reactive ketones (excluding diaryl/α,β-unsaturated/α-hetero) is 1. The molecule has 1 aromatic carbocycles. The van der Waals surface area contributed by atoms with Crippen LogP contribution in [0.15, 0.2) is 23.1 Å². The molecule has 1 amide bonds. The van der Waals surface area contributed by atoms with Crippen molar-refractivity contribution in [2.75, 3.05) is 38.2 Å². The molecule has 0 atom stereocenters. The fourth-order valence-corrected chi connectivity index (χ4v) is 5.50. The number of hydrogen-bond donors (Lipinski definition) is 2. The number of morpholine rings is 1. The summed E-state index contributed by atoms with van der Waals surface area (Å²) in [5.74, 6) is -1.65. The number of H-pyrrole nitrogens is 1. The standard InChI is InChI=1S/C21H24ClN3O7S/c1-12-19(14(3)26)13(2)23-20(12)21(28)32-11-18(27)24-15-4-5-16(22)17(10-15)33(29,30)25-6-8-31-9-7-25/h4-5,10,23H,6-9,11H2,1-3H3,(H,24,27). The first kappa shape index (κ1) is 24.9. The fourth-order valence-electron chi connectivity index (χ4n) is 3.59. The van der Waals surface area contributed by atoms with Crippen LogP contribution in [0.25, 0.3) is 0 Å². The lowest BCUT2D eigenvalue weighted by atomic mass is 10.1. The van der Waals surface area contributed by atoms with Gasteiger partial charge in [0.1, 0.15) is 10.6 Å². The molecule has 1 fully saturated rings. The number of carbonyl (C=O) groups is 3. The van der Waals surface area contributed by atoms with Crippen LogP contribution < -0.4 is 5.32 Å². The molecule has 0 radical (unpaired) electrons. The number of ketones is 1. The molecule has 0 spiro atoms. The Bertz CT molecular complexity index is 1200. The molecular formula is C21H24ClN3O7S. The van der Waals surface area contributed by atoms with E-state index in [9.17, 15) is 22.8 Å². The van der Waals surface area contributed by atoms with E-state index in [-0.39, 0.29) is 53.4 Å². The average molecular weight is 498 g/mol. The molecule has 178 valence electrons. The summed E-state index contributed by atoms with van der Waals surface area (Å²) >= 11 is 6.11. The van der Waals surface area contributed by atoms with Gasteiger partial charge in [0.2, 0.25) is 10.0 Å². The molecule has 1 saturated heterocycles. The number of aryl methyl sites for hydroxylation is 1. The lowest BCUT2D eigenvalue weighted by Crippen LogP contribution is -2.40. The average Bonchev–Trinajstić information content (AvgIpc) is 3.08. The summed E-state index contributed by atoms with van der Waals surface area (Å²) in [4.78, 5) is 39.0. The van der Waals surface area contributed by atoms with Gasteiger partial charge in [-0.15, -0.1) is 0 Å². The number of benzene rings is 1. The zero-order valence-electron chi connectivity index (χ0n) is 18.4. The van der Waals surface area contributed by atoms with Gasteiger partial charge in [-0.25, -0.2) is 13.2 Å². The highest BCUT2D eigenvalue weighted by atomic mass is 35.5. The molecule has 33 heavy (non-hydrogen) atoms. The van der Waals surface area contributed by atoms with Crippen LogP contribution in [0.1, 0.15) is 39.0 Å². The minimum Gasteiger partial charge on any atom is -0.451 e. The monoisotopic (exact) mass is 497 g/mol. The molecule has 0 saturated carbocycles. The Balaban J connectivity index is 1.68. The van der Waals surface area contributed by atoms with Crippen molar-refractivity contribution in [3.05, 3.63) is 45.7 Å². The van der Waals surface area contributed by atoms with Gasteiger partial charge < -0.3 is 19.8 Å². The van der Waals surface area contributed by atoms with Crippen LogP contribution in [0.2, 0.25) is 5.02 Å². The Kier molecular flexibility index (Phi) is 7.58. The Hall–Kier alpha value is -2.73. The van der Waals surface area contributed by atoms with Crippen molar-refractivity contribution in [3.8, 4) is 0 Å². The van der Waals surface area contributed by atoms with Gasteiger partial charge in [-0.05, 0) is 44.5 Å². The number of halogens is 1. The molecule has 1 aromatic heterocycles. The number of nitrogens with one attached hydrogen (secondary N) is 2. The van der Waals surface area contributed by atoms with E-state index in [0.29, 0.717) is 16.8 Å². The second-order valence-electron chi connectivity index (χ2n) is 7.47. The zero-order valence-corrected chi connectivity index (χ0v) is 19.9. The molecule has 3 rings (SSSR count). The molecule has 1 aliphatic rings. The number of hydrogen-bond acceptors (Lipinski definition) is 7. The number of aromatic nitrogens is 1. The zero-order chi connectivity index (χ0) is 24.3. The summed E-state index contributed by atoms with van der Waals surface area (Å²) in [6.07, 6.45) is 0. The van der Waals surface area contributed by atoms with Gasteiger partial charge in [-0.1, -0.05) is 11.6 Å². The van der Waals surface area contributed by atoms with Gasteiger partial charge in [-0.3, -0.25) is 9.59 Å². The minimum atomic E-state index is -3.87. The molecule has 2 heterocycles. The number of amides is 1. The van der Waals surface area contributed by atoms with E-state index in [1.165, 1.54) is 29.4 Å². The third kappa shape index (κ3) is 5.44. The predicted octanol–water partition coefficient (Wildman–Crippen LogP) is 2.30. The Morgan fingerprint density at radius 2 is 1.88 bits per heavy atom. The van der Waals surface area contributed by atoms with Crippen molar-refractivity contribution in [2.24, 2.45) is 0 Å². The van der Waals surface area contributed by atoms with E-state index < -0.39 is 28.5 Å². The summed E-state index contributed by atoms with van der Waals surface area (Å²) in [6.45, 7) is 5.03. The maximum Gasteiger partial charge on any atom is 0.355 e. The summed E-state index contributed by atoms with van der Waals surface area (Å²) in [5.41, 5.74) is 1.66. The summed E-state index contributed by atoms with van der Waals surface area (Å²) < 4.78 is 37.3. The first-order valence-corrected chi connectivity index (χ1v) is 11.9. The SMILES string of the molecule is CC(=O)c1c(C)[nH]c(C(=O)OCC(=O)Nc2ccc(Cl)c(S(=O)(=O)N3CCOCC3)c2)c1C. The normalized spacial score (nSPS) is 14.7. The first-order chi connectivity index (χ1) is 15.5. The molecular weight excluding hydrogens is 474 g/mol. The quantitative estimate of drug-likeness (QED) is 0.442. The highest BCUT2D eigenvalue weighted by molar-refractivity contribution is 7.89. The lowest BCUT2D eigenvalue weighted by Gasteiger charge is -2.26. The molecule has 1 aliphatic heterocycles. The molecule has 2 aromatic rings. The predicted molar refractivity (Wildman–Crippen MR) is 120 cm³/mol. The van der Waals surface area contributed by atoms with Gasteiger partial charge in [-0.2, -0.15) is 4.31 Å². The van der Waals surface area contributed by atoms with Gasteiger partial charge in [0.05, 0.1) is 18.2 Å². The van der Waals surface area contributed by atoms with E-state index in [4.69, 9.17) is 21.1 Å². The number of esters is 1. The summed E-state index contributed by atoms with van der Waals surface area (Å²) in [5, 5.41) is 2.51. The Morgan fingerprint density at radius 1 is 1.21 bits per heavy atom. The number of ether oxygens (including phenoxy) is 2. The maximum absolute atomic E-state index is 12.9. The topological polar surface area (TPSA) is 135 Å². The van der Waals surface area contributed by atoms with E-state index in [1.807, 2.05) is 0 Å². The number of nitrogens with zero attached hydrogens (tertiary/aromatic N) is 1. The van der Waals surface area contributed by atoms with Gasteiger partial charge >= 0.3 is 5.97 Å². The fraction of sp³-hybridized carbons (Fsp3) is 0.381. The Labute approximate surface area is 196 Å². The van der Waals surface area contributed by atoms with Crippen molar-refractivity contribution in [1.82, 2.24) is 9.29 Å². The van der Waals surface area contributed by atoms with E-state index >= 15 is 0 Å². The van der Waals surface area contributed by atoms with Crippen molar-refractivity contribution < 1.29 is 32.3 Å². The minimum absolute atomic E-state index is 0.0183. The third-order valence-corrected chi connectivity index (χ3v) is 7.51. The van der Waals surface area contributed by atoms with Crippen LogP contribution in [-0.4, -0.2) is 68.3 Å². The second kappa shape index (κ2) is 10.0. The number of aromatic amines is 1. The third-order valence-electron chi connectivity index (χ3n) is 5.13. The van der Waals surface area contributed by atoms with E-state index in [2.05, 4.69) is 10.3 Å². The number of sulfonamides is 1. The molecule has 2 N–H and O–H groups in total. The molecule has 0 aliphatic carbocycles. The number of carbonyl (C=O) groups excluding carboxylic acids is 3. The van der Waals surface area contributed by atoms with Crippen LogP contribution in [-0.2, 0) is 24.3 Å². The smallest absolute Gasteiger partial charge is 0.355 e. The van der Waals surface area contributed by atoms with Gasteiger partial charge in [0.25, 0.3) is 5.91 Å². The highest BCUT2D eigenvalue weighted by Crippen LogP contribution is 2.28. The number of rotatable bonds is 7. The second-order valence-corrected chi connectivity index (χ2v) is 9.78. The van der Waals surface area contributed by atoms with Crippen LogP contribution >= 0.6 is 11.6 Å². The van der Waals surface area contributed by atoms with Crippen LogP contribution in [0, 0.1) is 13.8 Å². The van der Waals surface area contributed by atoms with Crippen LogP contribution in [0.4, 0.5) is 5.69 Å². The van der Waals surface area contributed by atoms with E-state index in [1.54, 1.807) is 13.8 Å². The summed E-state index contributed by atoms with van der Waals surface area (Å²) in [7, 11) is -3.87. The highest BCUT2D eigenvalue weighted by Gasteiger charge is 2.29. The van der Waals surface area contributed by atoms with Crippen LogP contribution in [0.3, 0.4) is 0 Å². The molecule has 10 nitrogen and oxygen atoms in total. The van der Waals surface area contributed by atoms with Crippen molar-refractivity contribution in [2.45, 2.75) is 25.7 Å². The van der Waals surface area contributed by atoms with Crippen molar-refractivity contribution in [1.29, 1.82) is 0 Å². The molecule has 0 unspecified atom stereocenters. The number of anilines is 1. The lowest BCUT2D eigenvalue weighted by molar-refractivity contribution is -0.119. The van der Waals surface area contributed by atoms with Crippen molar-refractivity contribution >= 4 is 45.0 Å². The van der Waals surface area contributed by atoms with Crippen LogP contribution in [0.5, 0.6) is 0 Å². The Morgan fingerprint density at radius 3 is 2.48 bits per heavy atom. The summed E-state index contributed by atoms with van der Waals surface area (Å²) in [6, 6.07) is 4.06. The maximum atomic E-state index is 12.9. The van der Waals surface area contributed by atoms with Gasteiger partial charge in [0, 0.05) is 30.0 Å². The first-order valence-electron chi connectivity index (χ1n) is 10.1. The van der Waals surface area contributed by atoms with Gasteiger partial charge in [0.15, 0.2) is 12.4 Å².